The first-order valence-corrected chi connectivity index (χ1v) is 12.4. The van der Waals surface area contributed by atoms with Gasteiger partial charge in [-0.2, -0.15) is 0 Å². The maximum atomic E-state index is 15.3. The summed E-state index contributed by atoms with van der Waals surface area (Å²) in [6, 6.07) is 2.62. The van der Waals surface area contributed by atoms with E-state index < -0.39 is 23.7 Å². The maximum absolute atomic E-state index is 15.3. The number of allylic oxidation sites excluding steroid dienone is 2. The molecule has 0 fully saturated rings. The van der Waals surface area contributed by atoms with E-state index in [4.69, 9.17) is 39.1 Å². The van der Waals surface area contributed by atoms with Crippen molar-refractivity contribution in [3.05, 3.63) is 69.0 Å². The maximum Gasteiger partial charge on any atom is 0.261 e. The van der Waals surface area contributed by atoms with Crippen LogP contribution in [-0.4, -0.2) is 53.8 Å². The van der Waals surface area contributed by atoms with Crippen molar-refractivity contribution >= 4 is 46.7 Å². The predicted octanol–water partition coefficient (Wildman–Crippen LogP) is 4.13. The number of amides is 2. The van der Waals surface area contributed by atoms with Gasteiger partial charge in [0.1, 0.15) is 23.0 Å². The molecule has 0 aromatic carbocycles. The van der Waals surface area contributed by atoms with Crippen LogP contribution in [0.1, 0.15) is 32.6 Å². The first kappa shape index (κ1) is 28.4. The van der Waals surface area contributed by atoms with Crippen LogP contribution in [0.15, 0.2) is 63.9 Å². The number of pyridine rings is 1. The van der Waals surface area contributed by atoms with Gasteiger partial charge < -0.3 is 26.0 Å². The number of hydrogen-bond acceptors (Lipinski definition) is 6. The van der Waals surface area contributed by atoms with Crippen LogP contribution in [0, 0.1) is 5.41 Å². The van der Waals surface area contributed by atoms with Gasteiger partial charge in [-0.05, 0) is 57.0 Å². The van der Waals surface area contributed by atoms with Gasteiger partial charge in [0.25, 0.3) is 11.8 Å². The Bertz CT molecular complexity index is 1190. The average Bonchev–Trinajstić information content (AvgIpc) is 2.85. The minimum atomic E-state index is -0.772. The first-order valence-electron chi connectivity index (χ1n) is 11.7. The van der Waals surface area contributed by atoms with E-state index in [0.717, 1.165) is 0 Å². The lowest BCUT2D eigenvalue weighted by molar-refractivity contribution is -0.117. The zero-order valence-corrected chi connectivity index (χ0v) is 22.0. The smallest absolute Gasteiger partial charge is 0.261 e. The van der Waals surface area contributed by atoms with E-state index >= 15 is 4.39 Å². The number of carbonyl (C=O) groups excluding carboxylic acids is 2. The third kappa shape index (κ3) is 7.41. The van der Waals surface area contributed by atoms with Crippen molar-refractivity contribution in [3.8, 4) is 0 Å². The Morgan fingerprint density at radius 3 is 2.68 bits per heavy atom. The molecule has 1 heterocycles. The summed E-state index contributed by atoms with van der Waals surface area (Å²) in [7, 11) is 1.67. The molecule has 1 aromatic rings. The van der Waals surface area contributed by atoms with E-state index in [-0.39, 0.29) is 53.7 Å². The van der Waals surface area contributed by atoms with E-state index in [2.05, 4.69) is 15.6 Å². The van der Waals surface area contributed by atoms with E-state index in [1.807, 2.05) is 0 Å². The number of anilines is 1. The number of hydrogen-bond donors (Lipinski definition) is 4. The molecule has 12 heteroatoms. The number of aromatic nitrogens is 1. The largest absolute Gasteiger partial charge is 0.497 e. The number of nitrogens with zero attached hydrogens (tertiary/aromatic N) is 2. The second-order valence-electron chi connectivity index (χ2n) is 8.52. The molecule has 0 radical (unpaired) electrons. The van der Waals surface area contributed by atoms with Gasteiger partial charge in [-0.15, -0.1) is 0 Å². The van der Waals surface area contributed by atoms with Crippen LogP contribution in [0.5, 0.6) is 0 Å². The van der Waals surface area contributed by atoms with Gasteiger partial charge in [0, 0.05) is 30.4 Å². The number of amidine groups is 1. The number of nitrogens with one attached hydrogen (secondary N) is 3. The second kappa shape index (κ2) is 12.8. The molecule has 2 amide bonds. The summed E-state index contributed by atoms with van der Waals surface area (Å²) in [6.07, 6.45) is 5.51. The quantitative estimate of drug-likeness (QED) is 0.207. The molecule has 2 aliphatic carbocycles. The van der Waals surface area contributed by atoms with Gasteiger partial charge in [0.05, 0.1) is 29.1 Å². The molecule has 198 valence electrons. The Labute approximate surface area is 224 Å². The number of carbonyl (C=O) groups is 2. The van der Waals surface area contributed by atoms with Gasteiger partial charge in [-0.25, -0.2) is 9.37 Å². The van der Waals surface area contributed by atoms with Crippen molar-refractivity contribution in [2.45, 2.75) is 38.6 Å². The molecule has 0 saturated heterocycles. The summed E-state index contributed by atoms with van der Waals surface area (Å²) < 4.78 is 21.1. The van der Waals surface area contributed by atoms with Crippen molar-refractivity contribution < 1.29 is 18.7 Å². The SMILES string of the molecule is CC(=N)N(C)C1C=C(F)C(C(=O)NC2=C(C(=O)Nc3ccc(Cl)cn3)C=C(Cl)CC2)=C(OCCCN)C1. The highest BCUT2D eigenvalue weighted by molar-refractivity contribution is 6.31. The lowest BCUT2D eigenvalue weighted by Gasteiger charge is -2.31. The minimum absolute atomic E-state index is 0.129. The fraction of sp³-hybridized carbons (Fsp3) is 0.360. The van der Waals surface area contributed by atoms with Crippen LogP contribution < -0.4 is 16.4 Å². The molecule has 5 N–H and O–H groups in total. The van der Waals surface area contributed by atoms with E-state index in [0.29, 0.717) is 29.4 Å². The average molecular weight is 551 g/mol. The predicted molar refractivity (Wildman–Crippen MR) is 142 cm³/mol. The third-order valence-corrected chi connectivity index (χ3v) is 6.37. The van der Waals surface area contributed by atoms with Crippen molar-refractivity contribution in [2.75, 3.05) is 25.5 Å². The van der Waals surface area contributed by atoms with Crippen LogP contribution in [0.4, 0.5) is 10.2 Å². The first-order chi connectivity index (χ1) is 17.6. The standard InChI is InChI=1S/C25H29Cl2FN6O3/c1-14(30)34(2)17-11-19(28)23(21(12-17)37-9-3-8-29)25(36)32-20-6-4-15(26)10-18(20)24(35)33-22-7-5-16(27)13-31-22/h5,7,10-11,13,17,30H,3-4,6,8-9,12,29H2,1-2H3,(H,32,36)(H,31,33,35). The highest BCUT2D eigenvalue weighted by Gasteiger charge is 2.32. The lowest BCUT2D eigenvalue weighted by atomic mass is 9.96. The Morgan fingerprint density at radius 2 is 2.03 bits per heavy atom. The molecule has 1 unspecified atom stereocenters. The number of ether oxygens (including phenoxy) is 1. The number of rotatable bonds is 9. The van der Waals surface area contributed by atoms with Gasteiger partial charge in [-0.3, -0.25) is 15.0 Å². The Hall–Kier alpha value is -3.21. The van der Waals surface area contributed by atoms with Crippen LogP contribution >= 0.6 is 23.2 Å². The normalized spacial score (nSPS) is 17.6. The van der Waals surface area contributed by atoms with Crippen LogP contribution in [0.2, 0.25) is 5.02 Å². The highest BCUT2D eigenvalue weighted by atomic mass is 35.5. The molecular formula is C25H29Cl2FN6O3. The van der Waals surface area contributed by atoms with E-state index in [1.54, 1.807) is 24.9 Å². The molecule has 1 atom stereocenters. The molecule has 2 aliphatic rings. The molecule has 0 bridgehead atoms. The monoisotopic (exact) mass is 550 g/mol. The second-order valence-corrected chi connectivity index (χ2v) is 9.45. The Kier molecular flexibility index (Phi) is 9.85. The van der Waals surface area contributed by atoms with E-state index in [9.17, 15) is 9.59 Å². The van der Waals surface area contributed by atoms with Crippen LogP contribution in [0.25, 0.3) is 0 Å². The molecule has 9 nitrogen and oxygen atoms in total. The van der Waals surface area contributed by atoms with Gasteiger partial charge >= 0.3 is 0 Å². The van der Waals surface area contributed by atoms with Crippen molar-refractivity contribution in [3.63, 3.8) is 0 Å². The van der Waals surface area contributed by atoms with Gasteiger partial charge in [0.2, 0.25) is 0 Å². The van der Waals surface area contributed by atoms with Crippen molar-refractivity contribution in [1.29, 1.82) is 5.41 Å². The number of nitrogens with two attached hydrogens (primary N) is 1. The van der Waals surface area contributed by atoms with Crippen LogP contribution in [-0.2, 0) is 14.3 Å². The van der Waals surface area contributed by atoms with E-state index in [1.165, 1.54) is 24.4 Å². The molecule has 0 aliphatic heterocycles. The Balaban J connectivity index is 1.89. The van der Waals surface area contributed by atoms with Crippen molar-refractivity contribution in [2.24, 2.45) is 5.73 Å². The summed E-state index contributed by atoms with van der Waals surface area (Å²) >= 11 is 12.0. The molecule has 0 saturated carbocycles. The Morgan fingerprint density at radius 1 is 1.27 bits per heavy atom. The molecule has 37 heavy (non-hydrogen) atoms. The van der Waals surface area contributed by atoms with Crippen LogP contribution in [0.3, 0.4) is 0 Å². The summed E-state index contributed by atoms with van der Waals surface area (Å²) in [5.41, 5.74) is 5.72. The topological polar surface area (TPSA) is 133 Å². The third-order valence-electron chi connectivity index (χ3n) is 5.85. The lowest BCUT2D eigenvalue weighted by Crippen LogP contribution is -2.38. The number of halogens is 3. The summed E-state index contributed by atoms with van der Waals surface area (Å²) in [6.45, 7) is 2.17. The fourth-order valence-electron chi connectivity index (χ4n) is 3.74. The molecule has 1 aromatic heterocycles. The minimum Gasteiger partial charge on any atom is -0.497 e. The van der Waals surface area contributed by atoms with Crippen molar-refractivity contribution in [1.82, 2.24) is 15.2 Å². The zero-order valence-electron chi connectivity index (χ0n) is 20.5. The molecular weight excluding hydrogens is 522 g/mol. The fourth-order valence-corrected chi connectivity index (χ4v) is 4.05. The van der Waals surface area contributed by atoms with Gasteiger partial charge in [-0.1, -0.05) is 23.2 Å². The molecule has 3 rings (SSSR count). The summed E-state index contributed by atoms with van der Waals surface area (Å²) in [4.78, 5) is 31.9. The zero-order chi connectivity index (χ0) is 27.1. The molecule has 0 spiro atoms. The number of likely N-dealkylation sites (N-methyl/N-ethyl adjacent to an activating group) is 1. The van der Waals surface area contributed by atoms with Gasteiger partial charge in [0.15, 0.2) is 0 Å². The summed E-state index contributed by atoms with van der Waals surface area (Å²) in [5.74, 6) is -1.40. The highest BCUT2D eigenvalue weighted by Crippen LogP contribution is 2.32. The summed E-state index contributed by atoms with van der Waals surface area (Å²) in [5, 5.41) is 14.0.